The smallest absolute Gasteiger partial charge is 0.338 e. The van der Waals surface area contributed by atoms with E-state index < -0.39 is 23.4 Å². The summed E-state index contributed by atoms with van der Waals surface area (Å²) in [5.41, 5.74) is 0.923. The molecule has 0 aliphatic carbocycles. The molecule has 0 unspecified atom stereocenters. The van der Waals surface area contributed by atoms with Gasteiger partial charge in [0.15, 0.2) is 6.61 Å². The van der Waals surface area contributed by atoms with Crippen LogP contribution in [0.4, 0.5) is 5.69 Å². The molecular weight excluding hydrogens is 380 g/mol. The number of esters is 1. The second-order valence-electron chi connectivity index (χ2n) is 5.81. The number of nitro benzene ring substituents is 1. The third-order valence-corrected chi connectivity index (χ3v) is 4.85. The zero-order chi connectivity index (χ0) is 19.9. The van der Waals surface area contributed by atoms with Gasteiger partial charge in [0.25, 0.3) is 11.6 Å². The quantitative estimate of drug-likeness (QED) is 0.373. The number of nitrogens with zero attached hydrogens (tertiary/aromatic N) is 1. The van der Waals surface area contributed by atoms with Crippen LogP contribution in [0.15, 0.2) is 72.1 Å². The molecule has 8 heteroatoms. The number of hydrogen-bond donors (Lipinski definition) is 1. The van der Waals surface area contributed by atoms with Gasteiger partial charge in [-0.15, -0.1) is 11.3 Å². The van der Waals surface area contributed by atoms with Crippen LogP contribution in [0.5, 0.6) is 0 Å². The van der Waals surface area contributed by atoms with Crippen LogP contribution in [0.1, 0.15) is 26.8 Å². The lowest BCUT2D eigenvalue weighted by molar-refractivity contribution is -0.384. The molecule has 0 spiro atoms. The van der Waals surface area contributed by atoms with Crippen molar-refractivity contribution in [1.82, 2.24) is 5.32 Å². The molecule has 1 N–H and O–H groups in total. The van der Waals surface area contributed by atoms with Gasteiger partial charge in [-0.2, -0.15) is 0 Å². The van der Waals surface area contributed by atoms with Crippen molar-refractivity contribution < 1.29 is 19.2 Å². The summed E-state index contributed by atoms with van der Waals surface area (Å²) in [7, 11) is 0. The first-order valence-corrected chi connectivity index (χ1v) is 9.22. The Morgan fingerprint density at radius 3 is 2.36 bits per heavy atom. The van der Waals surface area contributed by atoms with Crippen LogP contribution in [0, 0.1) is 10.1 Å². The predicted octanol–water partition coefficient (Wildman–Crippen LogP) is 3.72. The van der Waals surface area contributed by atoms with Crippen LogP contribution in [0.3, 0.4) is 0 Å². The summed E-state index contributed by atoms with van der Waals surface area (Å²) in [6.07, 6.45) is 0. The van der Waals surface area contributed by atoms with Gasteiger partial charge in [0.05, 0.1) is 16.5 Å². The Kier molecular flexibility index (Phi) is 6.13. The molecule has 3 rings (SSSR count). The lowest BCUT2D eigenvalue weighted by atomic mass is 10.1. The molecule has 1 heterocycles. The average molecular weight is 396 g/mol. The van der Waals surface area contributed by atoms with Crippen LogP contribution in [-0.2, 0) is 9.53 Å². The second-order valence-corrected chi connectivity index (χ2v) is 6.79. The fourth-order valence-corrected chi connectivity index (χ4v) is 3.36. The summed E-state index contributed by atoms with van der Waals surface area (Å²) in [6.45, 7) is -0.454. The summed E-state index contributed by atoms with van der Waals surface area (Å²) in [4.78, 5) is 35.4. The first-order valence-electron chi connectivity index (χ1n) is 8.34. The summed E-state index contributed by atoms with van der Waals surface area (Å²) < 4.78 is 5.03. The van der Waals surface area contributed by atoms with Gasteiger partial charge in [-0.05, 0) is 29.1 Å². The van der Waals surface area contributed by atoms with E-state index in [0.717, 1.165) is 10.4 Å². The third-order valence-electron chi connectivity index (χ3n) is 3.91. The number of thiophene rings is 1. The molecule has 28 heavy (non-hydrogen) atoms. The fourth-order valence-electron chi connectivity index (χ4n) is 2.56. The van der Waals surface area contributed by atoms with Crippen molar-refractivity contribution in [2.24, 2.45) is 0 Å². The minimum Gasteiger partial charge on any atom is -0.452 e. The molecular formula is C20H16N2O5S. The third kappa shape index (κ3) is 4.80. The SMILES string of the molecule is O=C(COC(=O)c1ccc([N+](=O)[O-])cc1)N[C@@H](c1ccccc1)c1cccs1. The Balaban J connectivity index is 1.62. The molecule has 0 saturated heterocycles. The number of ether oxygens (including phenoxy) is 1. The van der Waals surface area contributed by atoms with Crippen molar-refractivity contribution in [2.75, 3.05) is 6.61 Å². The number of hydrogen-bond acceptors (Lipinski definition) is 6. The molecule has 3 aromatic rings. The highest BCUT2D eigenvalue weighted by Crippen LogP contribution is 2.25. The van der Waals surface area contributed by atoms with Crippen LogP contribution in [0.2, 0.25) is 0 Å². The molecule has 7 nitrogen and oxygen atoms in total. The number of carbonyl (C=O) groups is 2. The maximum absolute atomic E-state index is 12.3. The van der Waals surface area contributed by atoms with E-state index >= 15 is 0 Å². The molecule has 0 radical (unpaired) electrons. The van der Waals surface area contributed by atoms with Gasteiger partial charge >= 0.3 is 5.97 Å². The number of benzene rings is 2. The fraction of sp³-hybridized carbons (Fsp3) is 0.100. The van der Waals surface area contributed by atoms with Gasteiger partial charge in [0.2, 0.25) is 0 Å². The molecule has 0 saturated carbocycles. The lowest BCUT2D eigenvalue weighted by Crippen LogP contribution is -2.32. The van der Waals surface area contributed by atoms with E-state index in [2.05, 4.69) is 5.32 Å². The minimum absolute atomic E-state index is 0.129. The summed E-state index contributed by atoms with van der Waals surface area (Å²) in [6, 6.07) is 18.0. The predicted molar refractivity (Wildman–Crippen MR) is 104 cm³/mol. The van der Waals surface area contributed by atoms with E-state index in [9.17, 15) is 19.7 Å². The molecule has 142 valence electrons. The molecule has 1 amide bonds. The number of amides is 1. The first-order chi connectivity index (χ1) is 13.5. The Morgan fingerprint density at radius 1 is 1.04 bits per heavy atom. The molecule has 1 aromatic heterocycles. The van der Waals surface area contributed by atoms with Gasteiger partial charge in [-0.1, -0.05) is 36.4 Å². The molecule has 0 aliphatic rings. The number of carbonyl (C=O) groups excluding carboxylic acids is 2. The second kappa shape index (κ2) is 8.92. The number of rotatable bonds is 7. The van der Waals surface area contributed by atoms with E-state index in [1.807, 2.05) is 47.8 Å². The number of non-ortho nitro benzene ring substituents is 1. The first kappa shape index (κ1) is 19.2. The van der Waals surface area contributed by atoms with E-state index in [4.69, 9.17) is 4.74 Å². The lowest BCUT2D eigenvalue weighted by Gasteiger charge is -2.18. The molecule has 0 aliphatic heterocycles. The van der Waals surface area contributed by atoms with Gasteiger partial charge in [-0.3, -0.25) is 14.9 Å². The summed E-state index contributed by atoms with van der Waals surface area (Å²) in [5.74, 6) is -1.17. The summed E-state index contributed by atoms with van der Waals surface area (Å²) in [5, 5.41) is 15.4. The molecule has 2 aromatic carbocycles. The molecule has 1 atom stereocenters. The van der Waals surface area contributed by atoms with E-state index in [0.29, 0.717) is 0 Å². The Labute approximate surface area is 164 Å². The van der Waals surface area contributed by atoms with Gasteiger partial charge < -0.3 is 10.1 Å². The average Bonchev–Trinajstić information content (AvgIpc) is 3.25. The monoisotopic (exact) mass is 396 g/mol. The molecule has 0 bridgehead atoms. The van der Waals surface area contributed by atoms with Crippen molar-refractivity contribution in [1.29, 1.82) is 0 Å². The Hall–Kier alpha value is -3.52. The highest BCUT2D eigenvalue weighted by atomic mass is 32.1. The Morgan fingerprint density at radius 2 is 1.75 bits per heavy atom. The van der Waals surface area contributed by atoms with Gasteiger partial charge in [0, 0.05) is 17.0 Å². The van der Waals surface area contributed by atoms with Crippen LogP contribution >= 0.6 is 11.3 Å². The number of nitrogens with one attached hydrogen (secondary N) is 1. The zero-order valence-electron chi connectivity index (χ0n) is 14.6. The number of nitro groups is 1. The van der Waals surface area contributed by atoms with Crippen LogP contribution < -0.4 is 5.32 Å². The summed E-state index contributed by atoms with van der Waals surface area (Å²) >= 11 is 1.52. The van der Waals surface area contributed by atoms with Crippen LogP contribution in [-0.4, -0.2) is 23.4 Å². The minimum atomic E-state index is -0.725. The van der Waals surface area contributed by atoms with Gasteiger partial charge in [-0.25, -0.2) is 4.79 Å². The molecule has 0 fully saturated rings. The topological polar surface area (TPSA) is 98.5 Å². The van der Waals surface area contributed by atoms with E-state index in [1.54, 1.807) is 0 Å². The van der Waals surface area contributed by atoms with Gasteiger partial charge in [0.1, 0.15) is 0 Å². The van der Waals surface area contributed by atoms with Crippen molar-refractivity contribution in [2.45, 2.75) is 6.04 Å². The normalized spacial score (nSPS) is 11.4. The standard InChI is InChI=1S/C20H16N2O5S/c23-18(13-27-20(24)15-8-10-16(11-9-15)22(25)26)21-19(17-7-4-12-28-17)14-5-2-1-3-6-14/h1-12,19H,13H2,(H,21,23)/t19-/m0/s1. The van der Waals surface area contributed by atoms with Crippen molar-refractivity contribution in [3.63, 3.8) is 0 Å². The zero-order valence-corrected chi connectivity index (χ0v) is 15.4. The Bertz CT molecular complexity index is 956. The largest absolute Gasteiger partial charge is 0.452 e. The van der Waals surface area contributed by atoms with E-state index in [1.165, 1.54) is 35.6 Å². The van der Waals surface area contributed by atoms with Crippen molar-refractivity contribution in [3.05, 3.63) is 98.2 Å². The van der Waals surface area contributed by atoms with E-state index in [-0.39, 0.29) is 17.3 Å². The maximum Gasteiger partial charge on any atom is 0.338 e. The highest BCUT2D eigenvalue weighted by molar-refractivity contribution is 7.10. The highest BCUT2D eigenvalue weighted by Gasteiger charge is 2.19. The van der Waals surface area contributed by atoms with Crippen LogP contribution in [0.25, 0.3) is 0 Å². The van der Waals surface area contributed by atoms with Crippen molar-refractivity contribution >= 4 is 28.9 Å². The maximum atomic E-state index is 12.3. The van der Waals surface area contributed by atoms with Crippen molar-refractivity contribution in [3.8, 4) is 0 Å².